The number of rotatable bonds is 4. The minimum atomic E-state index is -1.53. The zero-order valence-corrected chi connectivity index (χ0v) is 11.5. The standard InChI is InChI=1S/C13H18N2O7/c16-5-8-9(18)10(19)11(20)13(22-8)15-14-12(21)6-1-3-7(17)4-2-6/h1-4,8-11,13,15-20H,5H2,(H,14,21). The fraction of sp³-hybridized carbons (Fsp3) is 0.462. The van der Waals surface area contributed by atoms with Crippen LogP contribution in [0, 0.1) is 0 Å². The molecular formula is C13H18N2O7. The third-order valence-corrected chi connectivity index (χ3v) is 3.35. The Morgan fingerprint density at radius 1 is 1.09 bits per heavy atom. The van der Waals surface area contributed by atoms with Gasteiger partial charge in [-0.1, -0.05) is 0 Å². The van der Waals surface area contributed by atoms with Gasteiger partial charge in [0.15, 0.2) is 6.23 Å². The minimum Gasteiger partial charge on any atom is -0.508 e. The number of aliphatic hydroxyl groups is 4. The molecule has 0 radical (unpaired) electrons. The molecule has 1 aromatic rings. The molecule has 0 saturated carbocycles. The van der Waals surface area contributed by atoms with E-state index in [1.54, 1.807) is 0 Å². The lowest BCUT2D eigenvalue weighted by molar-refractivity contribution is -0.238. The molecule has 7 N–H and O–H groups in total. The van der Waals surface area contributed by atoms with Gasteiger partial charge < -0.3 is 30.3 Å². The Morgan fingerprint density at radius 3 is 2.32 bits per heavy atom. The summed E-state index contributed by atoms with van der Waals surface area (Å²) in [5, 5.41) is 47.2. The maximum Gasteiger partial charge on any atom is 0.265 e. The molecule has 22 heavy (non-hydrogen) atoms. The van der Waals surface area contributed by atoms with Crippen molar-refractivity contribution in [1.29, 1.82) is 0 Å². The van der Waals surface area contributed by atoms with Gasteiger partial charge in [-0.25, -0.2) is 5.43 Å². The summed E-state index contributed by atoms with van der Waals surface area (Å²) in [5.41, 5.74) is 4.90. The molecule has 5 unspecified atom stereocenters. The van der Waals surface area contributed by atoms with E-state index in [1.165, 1.54) is 24.3 Å². The third kappa shape index (κ3) is 3.53. The number of benzene rings is 1. The predicted octanol–water partition coefficient (Wildman–Crippen LogP) is -2.57. The van der Waals surface area contributed by atoms with Gasteiger partial charge in [0.25, 0.3) is 5.91 Å². The largest absolute Gasteiger partial charge is 0.508 e. The van der Waals surface area contributed by atoms with E-state index in [9.17, 15) is 20.1 Å². The van der Waals surface area contributed by atoms with Crippen LogP contribution in [0.25, 0.3) is 0 Å². The van der Waals surface area contributed by atoms with Crippen LogP contribution in [0.15, 0.2) is 24.3 Å². The molecule has 1 aliphatic rings. The molecule has 0 aromatic heterocycles. The second-order valence-corrected chi connectivity index (χ2v) is 4.89. The zero-order valence-electron chi connectivity index (χ0n) is 11.5. The van der Waals surface area contributed by atoms with Crippen molar-refractivity contribution in [3.8, 4) is 5.75 Å². The first-order valence-electron chi connectivity index (χ1n) is 6.59. The number of nitrogens with one attached hydrogen (secondary N) is 2. The van der Waals surface area contributed by atoms with Gasteiger partial charge in [-0.15, -0.1) is 0 Å². The van der Waals surface area contributed by atoms with Crippen LogP contribution in [0.5, 0.6) is 5.75 Å². The second kappa shape index (κ2) is 7.01. The van der Waals surface area contributed by atoms with Gasteiger partial charge in [-0.3, -0.25) is 10.2 Å². The highest BCUT2D eigenvalue weighted by Crippen LogP contribution is 2.19. The SMILES string of the molecule is O=C(NNC1OC(CO)C(O)C(O)C1O)c1ccc(O)cc1. The molecule has 9 nitrogen and oxygen atoms in total. The lowest BCUT2D eigenvalue weighted by Gasteiger charge is -2.40. The minimum absolute atomic E-state index is 0.0124. The van der Waals surface area contributed by atoms with E-state index in [4.69, 9.17) is 14.9 Å². The summed E-state index contributed by atoms with van der Waals surface area (Å²) >= 11 is 0. The maximum atomic E-state index is 11.8. The normalized spacial score (nSPS) is 31.7. The van der Waals surface area contributed by atoms with E-state index < -0.39 is 43.2 Å². The Labute approximate surface area is 125 Å². The molecule has 1 heterocycles. The van der Waals surface area contributed by atoms with Crippen molar-refractivity contribution in [2.75, 3.05) is 6.61 Å². The summed E-state index contributed by atoms with van der Waals surface area (Å²) in [6.45, 7) is -0.560. The Bertz CT molecular complexity index is 508. The van der Waals surface area contributed by atoms with Crippen LogP contribution >= 0.6 is 0 Å². The number of ether oxygens (including phenoxy) is 1. The quantitative estimate of drug-likeness (QED) is 0.299. The Morgan fingerprint density at radius 2 is 1.73 bits per heavy atom. The maximum absolute atomic E-state index is 11.8. The Balaban J connectivity index is 1.95. The van der Waals surface area contributed by atoms with Crippen LogP contribution < -0.4 is 10.9 Å². The number of carbonyl (C=O) groups is 1. The molecule has 1 aromatic carbocycles. The number of amides is 1. The van der Waals surface area contributed by atoms with Crippen LogP contribution in [-0.2, 0) is 4.74 Å². The number of aliphatic hydroxyl groups excluding tert-OH is 4. The number of hydrazine groups is 1. The first kappa shape index (κ1) is 16.6. The van der Waals surface area contributed by atoms with E-state index in [0.29, 0.717) is 0 Å². The highest BCUT2D eigenvalue weighted by atomic mass is 16.6. The number of hydrogen-bond donors (Lipinski definition) is 7. The molecule has 1 saturated heterocycles. The van der Waals surface area contributed by atoms with Gasteiger partial charge in [0.2, 0.25) is 0 Å². The van der Waals surface area contributed by atoms with Crippen molar-refractivity contribution in [3.63, 3.8) is 0 Å². The number of hydrogen-bond acceptors (Lipinski definition) is 8. The van der Waals surface area contributed by atoms with Gasteiger partial charge in [0.1, 0.15) is 30.2 Å². The highest BCUT2D eigenvalue weighted by Gasteiger charge is 2.43. The molecule has 9 heteroatoms. The van der Waals surface area contributed by atoms with Crippen LogP contribution in [0.2, 0.25) is 0 Å². The molecule has 0 bridgehead atoms. The Hall–Kier alpha value is -1.75. The summed E-state index contributed by atoms with van der Waals surface area (Å²) in [7, 11) is 0. The molecule has 0 aliphatic carbocycles. The van der Waals surface area contributed by atoms with E-state index in [2.05, 4.69) is 10.9 Å². The first-order valence-corrected chi connectivity index (χ1v) is 6.59. The van der Waals surface area contributed by atoms with Crippen molar-refractivity contribution in [1.82, 2.24) is 10.9 Å². The molecule has 2 rings (SSSR count). The van der Waals surface area contributed by atoms with Gasteiger partial charge in [0, 0.05) is 5.56 Å². The summed E-state index contributed by atoms with van der Waals surface area (Å²) < 4.78 is 5.16. The molecule has 1 aliphatic heterocycles. The van der Waals surface area contributed by atoms with Gasteiger partial charge in [0.05, 0.1) is 6.61 Å². The van der Waals surface area contributed by atoms with Crippen molar-refractivity contribution >= 4 is 5.91 Å². The van der Waals surface area contributed by atoms with E-state index >= 15 is 0 Å². The van der Waals surface area contributed by atoms with Crippen molar-refractivity contribution in [2.24, 2.45) is 0 Å². The molecule has 1 fully saturated rings. The molecule has 0 spiro atoms. The number of phenols is 1. The monoisotopic (exact) mass is 314 g/mol. The summed E-state index contributed by atoms with van der Waals surface area (Å²) in [6, 6.07) is 5.45. The highest BCUT2D eigenvalue weighted by molar-refractivity contribution is 5.93. The molecule has 122 valence electrons. The average Bonchev–Trinajstić information content (AvgIpc) is 2.52. The van der Waals surface area contributed by atoms with E-state index in [-0.39, 0.29) is 11.3 Å². The van der Waals surface area contributed by atoms with E-state index in [1.807, 2.05) is 0 Å². The number of phenolic OH excluding ortho intramolecular Hbond substituents is 1. The predicted molar refractivity (Wildman–Crippen MR) is 72.5 cm³/mol. The van der Waals surface area contributed by atoms with Gasteiger partial charge >= 0.3 is 0 Å². The lowest BCUT2D eigenvalue weighted by Crippen LogP contribution is -2.64. The van der Waals surface area contributed by atoms with Crippen molar-refractivity contribution in [2.45, 2.75) is 30.6 Å². The summed E-state index contributed by atoms with van der Waals surface area (Å²) in [4.78, 5) is 11.8. The van der Waals surface area contributed by atoms with E-state index in [0.717, 1.165) is 0 Å². The smallest absolute Gasteiger partial charge is 0.265 e. The molecular weight excluding hydrogens is 296 g/mol. The zero-order chi connectivity index (χ0) is 16.3. The second-order valence-electron chi connectivity index (χ2n) is 4.89. The summed E-state index contributed by atoms with van der Waals surface area (Å²) in [5.74, 6) is -0.546. The Kier molecular flexibility index (Phi) is 5.29. The molecule has 5 atom stereocenters. The number of aromatic hydroxyl groups is 1. The average molecular weight is 314 g/mol. The molecule has 1 amide bonds. The van der Waals surface area contributed by atoms with Crippen LogP contribution in [0.1, 0.15) is 10.4 Å². The number of carbonyl (C=O) groups excluding carboxylic acids is 1. The van der Waals surface area contributed by atoms with Crippen molar-refractivity contribution in [3.05, 3.63) is 29.8 Å². The fourth-order valence-electron chi connectivity index (χ4n) is 2.04. The van der Waals surface area contributed by atoms with Crippen LogP contribution in [0.3, 0.4) is 0 Å². The fourth-order valence-corrected chi connectivity index (χ4v) is 2.04. The van der Waals surface area contributed by atoms with Crippen LogP contribution in [-0.4, -0.2) is 68.7 Å². The summed E-state index contributed by atoms with van der Waals surface area (Å²) in [6.07, 6.45) is -6.78. The van der Waals surface area contributed by atoms with Gasteiger partial charge in [-0.05, 0) is 24.3 Å². The van der Waals surface area contributed by atoms with Crippen molar-refractivity contribution < 1.29 is 35.1 Å². The third-order valence-electron chi connectivity index (χ3n) is 3.35. The topological polar surface area (TPSA) is 152 Å². The lowest BCUT2D eigenvalue weighted by atomic mass is 9.99. The van der Waals surface area contributed by atoms with Gasteiger partial charge in [-0.2, -0.15) is 0 Å². The van der Waals surface area contributed by atoms with Crippen LogP contribution in [0.4, 0.5) is 0 Å². The first-order chi connectivity index (χ1) is 10.4.